The zero-order valence-electron chi connectivity index (χ0n) is 15.2. The second-order valence-electron chi connectivity index (χ2n) is 6.15. The molecule has 3 nitrogen and oxygen atoms in total. The van der Waals surface area contributed by atoms with Crippen molar-refractivity contribution >= 4 is 11.6 Å². The number of anilines is 1. The summed E-state index contributed by atoms with van der Waals surface area (Å²) in [6.45, 7) is 0. The molecule has 1 atom stereocenters. The lowest BCUT2D eigenvalue weighted by Crippen LogP contribution is -2.62. The predicted octanol–water partition coefficient (Wildman–Crippen LogP) is 6.33. The first kappa shape index (κ1) is 25.4. The van der Waals surface area contributed by atoms with Gasteiger partial charge in [0.05, 0.1) is 0 Å². The summed E-state index contributed by atoms with van der Waals surface area (Å²) < 4.78 is 145. The number of ether oxygens (including phenoxy) is 1. The largest absolute Gasteiger partial charge is 0.462 e. The molecule has 0 saturated carbocycles. The van der Waals surface area contributed by atoms with Crippen molar-refractivity contribution in [1.82, 2.24) is 0 Å². The maximum Gasteiger partial charge on any atom is 0.462 e. The number of hydrogen-bond acceptors (Lipinski definition) is 2. The van der Waals surface area contributed by atoms with E-state index in [1.165, 1.54) is 47.8 Å². The third-order valence-corrected chi connectivity index (χ3v) is 3.91. The molecule has 1 amide bonds. The number of amides is 1. The molecular weight excluding hydrogens is 471 g/mol. The Morgan fingerprint density at radius 1 is 0.688 bits per heavy atom. The van der Waals surface area contributed by atoms with Crippen molar-refractivity contribution in [2.24, 2.45) is 0 Å². The first-order chi connectivity index (χ1) is 14.4. The van der Waals surface area contributed by atoms with Gasteiger partial charge in [0, 0.05) is 11.3 Å². The zero-order chi connectivity index (χ0) is 24.6. The van der Waals surface area contributed by atoms with Crippen LogP contribution in [0, 0.1) is 0 Å². The monoisotopic (exact) mass is 481 g/mol. The highest BCUT2D eigenvalue weighted by molar-refractivity contribution is 6.00. The first-order valence-corrected chi connectivity index (χ1v) is 8.18. The summed E-state index contributed by atoms with van der Waals surface area (Å²) in [5.74, 6) is -16.6. The van der Waals surface area contributed by atoms with E-state index in [9.17, 15) is 53.1 Å². The van der Waals surface area contributed by atoms with Gasteiger partial charge < -0.3 is 5.32 Å². The van der Waals surface area contributed by atoms with Crippen LogP contribution in [0.25, 0.3) is 11.1 Å². The maximum atomic E-state index is 14.4. The van der Waals surface area contributed by atoms with Crippen LogP contribution in [-0.2, 0) is 9.53 Å². The molecular formula is C18H10F11NO2. The van der Waals surface area contributed by atoms with E-state index in [1.807, 2.05) is 0 Å². The molecule has 0 aromatic heterocycles. The highest BCUT2D eigenvalue weighted by Crippen LogP contribution is 2.51. The fourth-order valence-corrected chi connectivity index (χ4v) is 2.30. The number of rotatable bonds is 6. The Kier molecular flexibility index (Phi) is 6.52. The van der Waals surface area contributed by atoms with E-state index < -0.39 is 41.8 Å². The summed E-state index contributed by atoms with van der Waals surface area (Å²) >= 11 is 0. The number of alkyl halides is 11. The topological polar surface area (TPSA) is 38.3 Å². The molecule has 0 heterocycles. The Balaban J connectivity index is 2.47. The van der Waals surface area contributed by atoms with Crippen LogP contribution in [0.2, 0.25) is 0 Å². The Morgan fingerprint density at radius 2 is 1.19 bits per heavy atom. The summed E-state index contributed by atoms with van der Waals surface area (Å²) in [6, 6.07) is 11.8. The van der Waals surface area contributed by atoms with E-state index in [0.717, 1.165) is 12.1 Å². The van der Waals surface area contributed by atoms with Gasteiger partial charge in [0.15, 0.2) is 0 Å². The van der Waals surface area contributed by atoms with Gasteiger partial charge in [-0.1, -0.05) is 48.5 Å². The summed E-state index contributed by atoms with van der Waals surface area (Å²) in [5, 5.41) is 1.25. The van der Waals surface area contributed by atoms with Crippen LogP contribution < -0.4 is 5.32 Å². The lowest BCUT2D eigenvalue weighted by atomic mass is 10.0. The van der Waals surface area contributed by atoms with Crippen LogP contribution in [0.4, 0.5) is 54.0 Å². The minimum atomic E-state index is -7.26. The number of carbonyl (C=O) groups excluding carboxylic acids is 1. The van der Waals surface area contributed by atoms with Crippen LogP contribution >= 0.6 is 0 Å². The van der Waals surface area contributed by atoms with Gasteiger partial charge in [-0.2, -0.15) is 48.3 Å². The quantitative estimate of drug-likeness (QED) is 0.490. The second-order valence-corrected chi connectivity index (χ2v) is 6.15. The molecule has 0 aliphatic carbocycles. The Hall–Kier alpha value is -2.90. The van der Waals surface area contributed by atoms with E-state index in [0.29, 0.717) is 0 Å². The number of benzene rings is 2. The number of hydrogen-bond donors (Lipinski definition) is 1. The molecule has 1 N–H and O–H groups in total. The molecule has 2 aromatic carbocycles. The maximum absolute atomic E-state index is 14.4. The molecule has 176 valence electrons. The van der Waals surface area contributed by atoms with E-state index in [4.69, 9.17) is 0 Å². The fourth-order valence-electron chi connectivity index (χ4n) is 2.30. The third-order valence-electron chi connectivity index (χ3n) is 3.91. The fraction of sp³-hybridized carbons (Fsp3) is 0.278. The van der Waals surface area contributed by atoms with E-state index in [1.54, 1.807) is 0 Å². The van der Waals surface area contributed by atoms with Gasteiger partial charge in [-0.05, 0) is 11.6 Å². The van der Waals surface area contributed by atoms with Gasteiger partial charge >= 0.3 is 30.2 Å². The normalized spacial score (nSPS) is 15.2. The Morgan fingerprint density at radius 3 is 1.69 bits per heavy atom. The lowest BCUT2D eigenvalue weighted by molar-refractivity contribution is -0.472. The van der Waals surface area contributed by atoms with Gasteiger partial charge in [-0.15, -0.1) is 0 Å². The third kappa shape index (κ3) is 4.64. The minimum absolute atomic E-state index is 0.0571. The summed E-state index contributed by atoms with van der Waals surface area (Å²) in [5.41, 5.74) is -0.419. The highest BCUT2D eigenvalue weighted by atomic mass is 19.4. The van der Waals surface area contributed by atoms with Crippen LogP contribution in [0.5, 0.6) is 0 Å². The molecule has 0 radical (unpaired) electrons. The number of para-hydroxylation sites is 1. The lowest BCUT2D eigenvalue weighted by Gasteiger charge is -2.34. The molecule has 32 heavy (non-hydrogen) atoms. The van der Waals surface area contributed by atoms with Gasteiger partial charge in [0.1, 0.15) is 0 Å². The molecule has 2 aromatic rings. The van der Waals surface area contributed by atoms with E-state index >= 15 is 0 Å². The van der Waals surface area contributed by atoms with Crippen molar-refractivity contribution in [3.05, 3.63) is 54.6 Å². The number of nitrogens with one attached hydrogen (secondary N) is 1. The average Bonchev–Trinajstić information content (AvgIpc) is 2.66. The van der Waals surface area contributed by atoms with Crippen LogP contribution in [0.3, 0.4) is 0 Å². The van der Waals surface area contributed by atoms with Crippen LogP contribution in [0.15, 0.2) is 54.6 Å². The molecule has 0 saturated heterocycles. The van der Waals surface area contributed by atoms with Gasteiger partial charge in [0.2, 0.25) is 0 Å². The van der Waals surface area contributed by atoms with Crippen molar-refractivity contribution in [3.8, 4) is 11.1 Å². The van der Waals surface area contributed by atoms with Crippen molar-refractivity contribution in [2.45, 2.75) is 30.2 Å². The molecule has 0 fully saturated rings. The second kappa shape index (κ2) is 8.22. The smallest absolute Gasteiger partial charge is 0.320 e. The van der Waals surface area contributed by atoms with Crippen LogP contribution in [-0.4, -0.2) is 36.1 Å². The van der Waals surface area contributed by atoms with E-state index in [2.05, 4.69) is 4.74 Å². The Labute approximate surface area is 171 Å². The van der Waals surface area contributed by atoms with Gasteiger partial charge in [0.25, 0.3) is 5.91 Å². The highest BCUT2D eigenvalue weighted by Gasteiger charge is 2.79. The molecule has 0 spiro atoms. The van der Waals surface area contributed by atoms with Crippen molar-refractivity contribution in [3.63, 3.8) is 0 Å². The minimum Gasteiger partial charge on any atom is -0.320 e. The summed E-state index contributed by atoms with van der Waals surface area (Å²) in [7, 11) is 0. The van der Waals surface area contributed by atoms with Gasteiger partial charge in [-0.25, -0.2) is 0 Å². The van der Waals surface area contributed by atoms with Gasteiger partial charge in [-0.3, -0.25) is 9.53 Å². The molecule has 0 bridgehead atoms. The average molecular weight is 481 g/mol. The van der Waals surface area contributed by atoms with Crippen LogP contribution in [0.1, 0.15) is 0 Å². The molecule has 0 aliphatic rings. The summed E-state index contributed by atoms with van der Waals surface area (Å²) in [6.07, 6.45) is -21.0. The molecule has 14 heteroatoms. The predicted molar refractivity (Wildman–Crippen MR) is 87.4 cm³/mol. The first-order valence-electron chi connectivity index (χ1n) is 8.18. The van der Waals surface area contributed by atoms with Crippen molar-refractivity contribution in [1.29, 1.82) is 0 Å². The standard InChI is InChI=1S/C18H10F11NO2/c19-14(16(22,23)24,32-18(28,29)15(20,21)17(25,26)27)13(31)30-12-9-5-4-8-11(12)10-6-2-1-3-7-10/h1-9H,(H,30,31). The number of carbonyl (C=O) groups is 1. The SMILES string of the molecule is O=C(Nc1ccccc1-c1ccccc1)C(F)(OC(F)(F)C(F)(F)C(F)(F)F)C(F)(F)F. The summed E-state index contributed by atoms with van der Waals surface area (Å²) in [4.78, 5) is 11.9. The van der Waals surface area contributed by atoms with Crippen molar-refractivity contribution < 1.29 is 57.8 Å². The molecule has 2 rings (SSSR count). The molecule has 0 aliphatic heterocycles. The Bertz CT molecular complexity index is 957. The zero-order valence-corrected chi connectivity index (χ0v) is 15.2. The van der Waals surface area contributed by atoms with E-state index in [-0.39, 0.29) is 11.1 Å². The van der Waals surface area contributed by atoms with Crippen molar-refractivity contribution in [2.75, 3.05) is 5.32 Å². The number of halogens is 11. The molecule has 1 unspecified atom stereocenters.